The van der Waals surface area contributed by atoms with E-state index in [-0.39, 0.29) is 0 Å². The van der Waals surface area contributed by atoms with E-state index in [0.29, 0.717) is 11.5 Å². The maximum absolute atomic E-state index is 6.57. The van der Waals surface area contributed by atoms with Crippen LogP contribution in [0.2, 0.25) is 0 Å². The first-order valence-corrected chi connectivity index (χ1v) is 17.2. The van der Waals surface area contributed by atoms with Gasteiger partial charge in [-0.15, -0.1) is 0 Å². The molecule has 7 aromatic carbocycles. The highest BCUT2D eigenvalue weighted by atomic mass is 16.3. The zero-order valence-electron chi connectivity index (χ0n) is 27.4. The molecule has 0 spiro atoms. The lowest BCUT2D eigenvalue weighted by Gasteiger charge is -2.12. The zero-order valence-corrected chi connectivity index (χ0v) is 27.4. The maximum Gasteiger partial charge on any atom is 0.236 e. The Bertz CT molecular complexity index is 3090. The first-order valence-electron chi connectivity index (χ1n) is 17.2. The normalized spacial score (nSPS) is 11.9. The Kier molecular flexibility index (Phi) is 5.89. The Labute approximate surface area is 292 Å². The fraction of sp³-hybridized carbons (Fsp3) is 0. The Morgan fingerprint density at radius 1 is 0.392 bits per heavy atom. The molecule has 4 heterocycles. The van der Waals surface area contributed by atoms with Gasteiger partial charge in [0.25, 0.3) is 0 Å². The van der Waals surface area contributed by atoms with Crippen LogP contribution in [0.15, 0.2) is 174 Å². The SMILES string of the molecule is c1ccc(-c2ccc3c(c2)c2ccccc2n3-c2cccc(-c3nc(-n4c5ccccc5c5ccccc54)nc4c3oc3ccccc34)c2)cc1. The molecule has 0 N–H and O–H groups in total. The third kappa shape index (κ3) is 4.15. The van der Waals surface area contributed by atoms with E-state index in [4.69, 9.17) is 14.4 Å². The summed E-state index contributed by atoms with van der Waals surface area (Å²) in [7, 11) is 0. The summed E-state index contributed by atoms with van der Waals surface area (Å²) in [6, 6.07) is 59.6. The number of benzene rings is 7. The van der Waals surface area contributed by atoms with Gasteiger partial charge in [-0.2, -0.15) is 0 Å². The van der Waals surface area contributed by atoms with Crippen molar-refractivity contribution < 1.29 is 4.42 Å². The van der Waals surface area contributed by atoms with Crippen molar-refractivity contribution in [2.24, 2.45) is 0 Å². The van der Waals surface area contributed by atoms with Crippen molar-refractivity contribution in [2.75, 3.05) is 0 Å². The summed E-state index contributed by atoms with van der Waals surface area (Å²) in [5.41, 5.74) is 11.8. The van der Waals surface area contributed by atoms with Crippen molar-refractivity contribution in [2.45, 2.75) is 0 Å². The van der Waals surface area contributed by atoms with Gasteiger partial charge < -0.3 is 8.98 Å². The molecule has 0 amide bonds. The van der Waals surface area contributed by atoms with E-state index in [2.05, 4.69) is 161 Å². The minimum absolute atomic E-state index is 0.608. The molecule has 5 heteroatoms. The molecule has 0 unspecified atom stereocenters. The van der Waals surface area contributed by atoms with Crippen LogP contribution >= 0.6 is 0 Å². The van der Waals surface area contributed by atoms with Gasteiger partial charge in [0.05, 0.1) is 22.1 Å². The Hall–Kier alpha value is -6.98. The van der Waals surface area contributed by atoms with Gasteiger partial charge in [0.15, 0.2) is 5.58 Å². The van der Waals surface area contributed by atoms with Crippen LogP contribution in [-0.4, -0.2) is 19.1 Å². The van der Waals surface area contributed by atoms with Crippen molar-refractivity contribution in [3.8, 4) is 34.0 Å². The van der Waals surface area contributed by atoms with Gasteiger partial charge in [-0.3, -0.25) is 4.57 Å². The summed E-state index contributed by atoms with van der Waals surface area (Å²) in [6.07, 6.45) is 0. The number of para-hydroxylation sites is 4. The summed E-state index contributed by atoms with van der Waals surface area (Å²) in [6.45, 7) is 0. The molecule has 4 aromatic heterocycles. The number of hydrogen-bond donors (Lipinski definition) is 0. The first-order chi connectivity index (χ1) is 25.3. The minimum Gasteiger partial charge on any atom is -0.452 e. The molecule has 0 saturated heterocycles. The van der Waals surface area contributed by atoms with E-state index >= 15 is 0 Å². The highest BCUT2D eigenvalue weighted by molar-refractivity contribution is 6.12. The van der Waals surface area contributed by atoms with Crippen LogP contribution in [0.5, 0.6) is 0 Å². The highest BCUT2D eigenvalue weighted by Gasteiger charge is 2.22. The third-order valence-corrected chi connectivity index (χ3v) is 10.1. The molecule has 11 rings (SSSR count). The molecule has 11 aromatic rings. The Balaban J connectivity index is 1.17. The zero-order chi connectivity index (χ0) is 33.5. The second-order valence-corrected chi connectivity index (χ2v) is 13.0. The molecule has 0 saturated carbocycles. The summed E-state index contributed by atoms with van der Waals surface area (Å²) in [4.78, 5) is 10.6. The van der Waals surface area contributed by atoms with Crippen molar-refractivity contribution in [3.05, 3.63) is 170 Å². The number of furan rings is 1. The lowest BCUT2D eigenvalue weighted by atomic mass is 10.0. The lowest BCUT2D eigenvalue weighted by Crippen LogP contribution is -2.03. The number of hydrogen-bond acceptors (Lipinski definition) is 3. The highest BCUT2D eigenvalue weighted by Crippen LogP contribution is 2.39. The largest absolute Gasteiger partial charge is 0.452 e. The van der Waals surface area contributed by atoms with E-state index in [1.165, 1.54) is 32.7 Å². The Morgan fingerprint density at radius 3 is 1.73 bits per heavy atom. The second kappa shape index (κ2) is 10.8. The smallest absolute Gasteiger partial charge is 0.236 e. The summed E-state index contributed by atoms with van der Waals surface area (Å²) >= 11 is 0. The molecular weight excluding hydrogens is 625 g/mol. The van der Waals surface area contributed by atoms with Crippen LogP contribution in [0.4, 0.5) is 0 Å². The molecular formula is C46H28N4O. The van der Waals surface area contributed by atoms with E-state index in [9.17, 15) is 0 Å². The molecule has 0 aliphatic carbocycles. The monoisotopic (exact) mass is 652 g/mol. The third-order valence-electron chi connectivity index (χ3n) is 10.1. The van der Waals surface area contributed by atoms with E-state index in [0.717, 1.165) is 55.5 Å². The maximum atomic E-state index is 6.57. The van der Waals surface area contributed by atoms with Crippen LogP contribution in [0.1, 0.15) is 0 Å². The molecule has 238 valence electrons. The standard InChI is InChI=1S/C46H28N4O/c1-2-13-29(14-3-1)30-25-26-41-37(28-30)35-19-6-8-21-38(35)49(41)32-16-12-15-31(27-32)43-45-44(36-20-7-11-24-42(36)51-45)48-46(47-43)50-39-22-9-4-17-33(39)34-18-5-10-23-40(34)50/h1-28H. The van der Waals surface area contributed by atoms with Crippen LogP contribution in [0.25, 0.3) is 99.7 Å². The van der Waals surface area contributed by atoms with Gasteiger partial charge in [0.2, 0.25) is 5.95 Å². The lowest BCUT2D eigenvalue weighted by molar-refractivity contribution is 0.666. The average molecular weight is 653 g/mol. The van der Waals surface area contributed by atoms with Crippen LogP contribution in [0, 0.1) is 0 Å². The van der Waals surface area contributed by atoms with Crippen molar-refractivity contribution >= 4 is 65.7 Å². The predicted molar refractivity (Wildman–Crippen MR) is 209 cm³/mol. The van der Waals surface area contributed by atoms with Gasteiger partial charge >= 0.3 is 0 Å². The number of aromatic nitrogens is 4. The van der Waals surface area contributed by atoms with Crippen molar-refractivity contribution in [1.29, 1.82) is 0 Å². The van der Waals surface area contributed by atoms with Gasteiger partial charge in [0.1, 0.15) is 16.8 Å². The summed E-state index contributed by atoms with van der Waals surface area (Å²) in [5.74, 6) is 0.608. The van der Waals surface area contributed by atoms with Gasteiger partial charge in [0, 0.05) is 38.2 Å². The molecule has 0 radical (unpaired) electrons. The van der Waals surface area contributed by atoms with Crippen molar-refractivity contribution in [3.63, 3.8) is 0 Å². The quantitative estimate of drug-likeness (QED) is 0.190. The van der Waals surface area contributed by atoms with Crippen LogP contribution < -0.4 is 0 Å². The molecule has 51 heavy (non-hydrogen) atoms. The molecule has 5 nitrogen and oxygen atoms in total. The van der Waals surface area contributed by atoms with Gasteiger partial charge in [-0.1, -0.05) is 115 Å². The van der Waals surface area contributed by atoms with Gasteiger partial charge in [-0.05, 0) is 65.7 Å². The van der Waals surface area contributed by atoms with Crippen LogP contribution in [0.3, 0.4) is 0 Å². The summed E-state index contributed by atoms with van der Waals surface area (Å²) in [5, 5.41) is 5.73. The average Bonchev–Trinajstić information content (AvgIpc) is 3.85. The molecule has 0 aliphatic heterocycles. The summed E-state index contributed by atoms with van der Waals surface area (Å²) < 4.78 is 11.1. The minimum atomic E-state index is 0.608. The number of nitrogens with zero attached hydrogens (tertiary/aromatic N) is 4. The second-order valence-electron chi connectivity index (χ2n) is 13.0. The van der Waals surface area contributed by atoms with E-state index in [1.54, 1.807) is 0 Å². The molecule has 0 aliphatic rings. The van der Waals surface area contributed by atoms with Gasteiger partial charge in [-0.25, -0.2) is 9.97 Å². The van der Waals surface area contributed by atoms with Crippen LogP contribution in [-0.2, 0) is 0 Å². The fourth-order valence-electron chi connectivity index (χ4n) is 7.87. The number of fused-ring (bicyclic) bond motifs is 9. The first kappa shape index (κ1) is 27.9. The topological polar surface area (TPSA) is 48.8 Å². The number of rotatable bonds is 4. The molecule has 0 bridgehead atoms. The fourth-order valence-corrected chi connectivity index (χ4v) is 7.87. The predicted octanol–water partition coefficient (Wildman–Crippen LogP) is 11.9. The van der Waals surface area contributed by atoms with Crippen molar-refractivity contribution in [1.82, 2.24) is 19.1 Å². The molecule has 0 fully saturated rings. The van der Waals surface area contributed by atoms with E-state index in [1.807, 2.05) is 18.2 Å². The van der Waals surface area contributed by atoms with E-state index < -0.39 is 0 Å². The Morgan fingerprint density at radius 2 is 0.980 bits per heavy atom. The molecule has 0 atom stereocenters.